The second-order valence-corrected chi connectivity index (χ2v) is 7.44. The number of benzene rings is 2. The fourth-order valence-corrected chi connectivity index (χ4v) is 4.16. The average molecular weight is 473 g/mol. The van der Waals surface area contributed by atoms with Gasteiger partial charge in [-0.3, -0.25) is 24.7 Å². The molecular weight excluding hydrogens is 454 g/mol. The minimum atomic E-state index is -1.06. The van der Waals surface area contributed by atoms with E-state index in [0.717, 1.165) is 19.1 Å². The van der Waals surface area contributed by atoms with Gasteiger partial charge < -0.3 is 15.2 Å². The van der Waals surface area contributed by atoms with Crippen LogP contribution >= 0.6 is 0 Å². The largest absolute Gasteiger partial charge is 0.466 e. The number of H-pyrrole nitrogens is 2. The SMILES string of the molecule is COC(=O)C1=C(C(=O)OC)N(c2cccc3c(=O)[nH][nH]c(=O)c23)C(N)=C(C#N)C1c1ccccc1. The van der Waals surface area contributed by atoms with Gasteiger partial charge in [0.25, 0.3) is 11.1 Å². The van der Waals surface area contributed by atoms with Crippen LogP contribution in [0.4, 0.5) is 5.69 Å². The molecule has 4 rings (SSSR count). The molecule has 0 fully saturated rings. The Morgan fingerprint density at radius 2 is 1.63 bits per heavy atom. The number of hydrogen-bond donors (Lipinski definition) is 3. The zero-order valence-electron chi connectivity index (χ0n) is 18.6. The van der Waals surface area contributed by atoms with E-state index < -0.39 is 29.0 Å². The number of allylic oxidation sites excluding steroid dienone is 1. The summed E-state index contributed by atoms with van der Waals surface area (Å²) in [4.78, 5) is 52.5. The van der Waals surface area contributed by atoms with E-state index in [9.17, 15) is 24.4 Å². The first-order chi connectivity index (χ1) is 16.8. The number of hydrogen-bond acceptors (Lipinski definition) is 9. The Bertz CT molecular complexity index is 1580. The molecule has 0 aliphatic carbocycles. The van der Waals surface area contributed by atoms with Crippen LogP contribution in [0.25, 0.3) is 10.8 Å². The number of carbonyl (C=O) groups excluding carboxylic acids is 2. The van der Waals surface area contributed by atoms with E-state index in [0.29, 0.717) is 5.56 Å². The molecule has 4 N–H and O–H groups in total. The van der Waals surface area contributed by atoms with Gasteiger partial charge in [0.15, 0.2) is 0 Å². The van der Waals surface area contributed by atoms with Crippen LogP contribution in [-0.4, -0.2) is 36.4 Å². The fraction of sp³-hybridized carbons (Fsp3) is 0.125. The molecule has 0 saturated heterocycles. The Kier molecular flexibility index (Phi) is 5.95. The van der Waals surface area contributed by atoms with Crippen LogP contribution in [0.3, 0.4) is 0 Å². The number of nitrogens with zero attached hydrogens (tertiary/aromatic N) is 2. The molecule has 1 unspecified atom stereocenters. The minimum absolute atomic E-state index is 0.00609. The van der Waals surface area contributed by atoms with E-state index in [4.69, 9.17) is 15.2 Å². The standard InChI is InChI=1S/C24H19N5O6/c1-34-23(32)18-16(12-7-4-3-5-8-12)14(11-25)20(26)29(19(18)24(33)35-2)15-10-6-9-13-17(15)22(31)28-27-21(13)30/h3-10,16H,26H2,1-2H3,(H,27,30)(H,28,31). The summed E-state index contributed by atoms with van der Waals surface area (Å²) >= 11 is 0. The smallest absolute Gasteiger partial charge is 0.355 e. The van der Waals surface area contributed by atoms with Gasteiger partial charge in [-0.15, -0.1) is 0 Å². The van der Waals surface area contributed by atoms with Gasteiger partial charge in [0.05, 0.1) is 53.8 Å². The summed E-state index contributed by atoms with van der Waals surface area (Å²) in [7, 11) is 2.24. The molecule has 1 atom stereocenters. The van der Waals surface area contributed by atoms with E-state index in [1.54, 1.807) is 30.3 Å². The molecule has 0 saturated carbocycles. The lowest BCUT2D eigenvalue weighted by Crippen LogP contribution is -2.41. The third-order valence-electron chi connectivity index (χ3n) is 5.65. The van der Waals surface area contributed by atoms with Crippen molar-refractivity contribution in [2.45, 2.75) is 5.92 Å². The lowest BCUT2D eigenvalue weighted by molar-refractivity contribution is -0.139. The number of carbonyl (C=O) groups is 2. The van der Waals surface area contributed by atoms with E-state index in [1.807, 2.05) is 6.07 Å². The summed E-state index contributed by atoms with van der Waals surface area (Å²) in [5.41, 5.74) is 5.03. The Morgan fingerprint density at radius 3 is 2.26 bits per heavy atom. The number of nitrogens with two attached hydrogens (primary N) is 1. The number of nitrogens with one attached hydrogen (secondary N) is 2. The molecule has 35 heavy (non-hydrogen) atoms. The monoisotopic (exact) mass is 473 g/mol. The van der Waals surface area contributed by atoms with Crippen molar-refractivity contribution in [3.8, 4) is 6.07 Å². The zero-order chi connectivity index (χ0) is 25.3. The van der Waals surface area contributed by atoms with Crippen molar-refractivity contribution in [1.82, 2.24) is 10.2 Å². The van der Waals surface area contributed by atoms with Gasteiger partial charge >= 0.3 is 11.9 Å². The molecule has 0 spiro atoms. The highest BCUT2D eigenvalue weighted by atomic mass is 16.5. The molecule has 2 heterocycles. The number of nitriles is 1. The number of aromatic amines is 2. The highest BCUT2D eigenvalue weighted by Gasteiger charge is 2.43. The number of esters is 2. The Morgan fingerprint density at radius 1 is 0.971 bits per heavy atom. The first-order valence-electron chi connectivity index (χ1n) is 10.2. The van der Waals surface area contributed by atoms with Gasteiger partial charge in [-0.25, -0.2) is 9.59 Å². The third-order valence-corrected chi connectivity index (χ3v) is 5.65. The van der Waals surface area contributed by atoms with Gasteiger partial charge in [-0.2, -0.15) is 5.26 Å². The molecular formula is C24H19N5O6. The minimum Gasteiger partial charge on any atom is -0.466 e. The van der Waals surface area contributed by atoms with Crippen molar-refractivity contribution in [2.24, 2.45) is 5.73 Å². The van der Waals surface area contributed by atoms with Gasteiger partial charge in [0.2, 0.25) is 0 Å². The maximum Gasteiger partial charge on any atom is 0.355 e. The molecule has 0 bridgehead atoms. The number of fused-ring (bicyclic) bond motifs is 1. The molecule has 1 aromatic heterocycles. The molecule has 11 heteroatoms. The Labute approximate surface area is 197 Å². The zero-order valence-corrected chi connectivity index (χ0v) is 18.6. The predicted octanol–water partition coefficient (Wildman–Crippen LogP) is 1.11. The summed E-state index contributed by atoms with van der Waals surface area (Å²) in [6.45, 7) is 0. The van der Waals surface area contributed by atoms with Crippen molar-refractivity contribution >= 4 is 28.4 Å². The summed E-state index contributed by atoms with van der Waals surface area (Å²) in [6, 6.07) is 14.8. The highest BCUT2D eigenvalue weighted by Crippen LogP contribution is 2.43. The summed E-state index contributed by atoms with van der Waals surface area (Å²) in [6.07, 6.45) is 0. The molecule has 1 aliphatic heterocycles. The van der Waals surface area contributed by atoms with Crippen LogP contribution in [-0.2, 0) is 19.1 Å². The first kappa shape index (κ1) is 23.1. The molecule has 0 amide bonds. The molecule has 0 radical (unpaired) electrons. The first-order valence-corrected chi connectivity index (χ1v) is 10.2. The van der Waals surface area contributed by atoms with Crippen molar-refractivity contribution in [3.05, 3.63) is 97.5 Å². The Balaban J connectivity index is 2.18. The molecule has 1 aliphatic rings. The van der Waals surface area contributed by atoms with Crippen LogP contribution in [0.15, 0.2) is 80.8 Å². The number of anilines is 1. The normalized spacial score (nSPS) is 15.7. The third kappa shape index (κ3) is 3.63. The molecule has 11 nitrogen and oxygen atoms in total. The highest BCUT2D eigenvalue weighted by molar-refractivity contribution is 6.08. The summed E-state index contributed by atoms with van der Waals surface area (Å²) in [5, 5.41) is 14.5. The lowest BCUT2D eigenvalue weighted by atomic mass is 9.81. The van der Waals surface area contributed by atoms with Gasteiger partial charge in [0, 0.05) is 0 Å². The predicted molar refractivity (Wildman–Crippen MR) is 125 cm³/mol. The maximum absolute atomic E-state index is 13.1. The van der Waals surface area contributed by atoms with E-state index in [2.05, 4.69) is 10.2 Å². The van der Waals surface area contributed by atoms with E-state index >= 15 is 0 Å². The van der Waals surface area contributed by atoms with Crippen molar-refractivity contribution in [1.29, 1.82) is 5.26 Å². The van der Waals surface area contributed by atoms with E-state index in [1.165, 1.54) is 18.2 Å². The van der Waals surface area contributed by atoms with Gasteiger partial charge in [-0.05, 0) is 17.7 Å². The maximum atomic E-state index is 13.1. The number of aromatic nitrogens is 2. The number of ether oxygens (including phenoxy) is 2. The Hall–Kier alpha value is -5.11. The van der Waals surface area contributed by atoms with Crippen LogP contribution in [0.1, 0.15) is 11.5 Å². The van der Waals surface area contributed by atoms with Crippen molar-refractivity contribution in [2.75, 3.05) is 19.1 Å². The second-order valence-electron chi connectivity index (χ2n) is 7.44. The van der Waals surface area contributed by atoms with Crippen LogP contribution < -0.4 is 21.8 Å². The van der Waals surface area contributed by atoms with Crippen LogP contribution in [0, 0.1) is 11.3 Å². The van der Waals surface area contributed by atoms with Gasteiger partial charge in [0.1, 0.15) is 11.5 Å². The van der Waals surface area contributed by atoms with Gasteiger partial charge in [-0.1, -0.05) is 36.4 Å². The molecule has 176 valence electrons. The molecule has 2 aromatic carbocycles. The number of methoxy groups -OCH3 is 2. The fourth-order valence-electron chi connectivity index (χ4n) is 4.16. The average Bonchev–Trinajstić information content (AvgIpc) is 2.89. The van der Waals surface area contributed by atoms with Crippen molar-refractivity contribution < 1.29 is 19.1 Å². The summed E-state index contributed by atoms with van der Waals surface area (Å²) in [5.74, 6) is -3.15. The second kappa shape index (κ2) is 9.03. The van der Waals surface area contributed by atoms with Crippen molar-refractivity contribution in [3.63, 3.8) is 0 Å². The quantitative estimate of drug-likeness (QED) is 0.469. The summed E-state index contributed by atoms with van der Waals surface area (Å²) < 4.78 is 9.95. The lowest BCUT2D eigenvalue weighted by Gasteiger charge is -2.36. The van der Waals surface area contributed by atoms with Crippen LogP contribution in [0.2, 0.25) is 0 Å². The van der Waals surface area contributed by atoms with E-state index in [-0.39, 0.29) is 39.1 Å². The van der Waals surface area contributed by atoms with Crippen LogP contribution in [0.5, 0.6) is 0 Å². The number of rotatable bonds is 4. The molecule has 3 aromatic rings. The topological polar surface area (TPSA) is 171 Å².